The van der Waals surface area contributed by atoms with E-state index in [1.54, 1.807) is 24.5 Å². The Morgan fingerprint density at radius 2 is 1.57 bits per heavy atom. The van der Waals surface area contributed by atoms with Gasteiger partial charge in [-0.15, -0.1) is 10.4 Å². The lowest BCUT2D eigenvalue weighted by Gasteiger charge is -2.73. The van der Waals surface area contributed by atoms with Crippen LogP contribution in [0.1, 0.15) is 5.56 Å². The van der Waals surface area contributed by atoms with Crippen LogP contribution in [-0.4, -0.2) is 102 Å². The maximum atomic E-state index is 14.1. The Hall–Kier alpha value is -2.51. The Labute approximate surface area is 214 Å². The first-order chi connectivity index (χ1) is 16.1. The van der Waals surface area contributed by atoms with E-state index in [2.05, 4.69) is 20.2 Å². The van der Waals surface area contributed by atoms with Crippen molar-refractivity contribution in [2.75, 3.05) is 4.90 Å². The van der Waals surface area contributed by atoms with E-state index in [4.69, 9.17) is 70.6 Å². The number of halogens is 1. The fourth-order valence-electron chi connectivity index (χ4n) is 4.13. The Kier molecular flexibility index (Phi) is 5.85. The third-order valence-corrected chi connectivity index (χ3v) is 6.55. The number of piperidine rings is 1. The van der Waals surface area contributed by atoms with Gasteiger partial charge in [-0.2, -0.15) is 9.49 Å². The quantitative estimate of drug-likeness (QED) is 0.408. The lowest BCUT2D eigenvalue weighted by Crippen LogP contribution is -2.76. The van der Waals surface area contributed by atoms with Gasteiger partial charge in [-0.25, -0.2) is 4.98 Å². The van der Waals surface area contributed by atoms with E-state index in [1.165, 1.54) is 6.07 Å². The van der Waals surface area contributed by atoms with Crippen LogP contribution in [0.25, 0.3) is 11.3 Å². The zero-order valence-electron chi connectivity index (χ0n) is 18.4. The SMILES string of the molecule is [B]C1([B])N(c2cc(-c3ccncc3)[nH]n2)C(=O)[C@@]([B])(C([B])([B])c2ccc(F)nc2)C([B])([B])C1([B])[B]. The third-order valence-electron chi connectivity index (χ3n) is 6.55. The van der Waals surface area contributed by atoms with Gasteiger partial charge in [0.1, 0.15) is 0 Å². The minimum Gasteiger partial charge on any atom is -0.308 e. The summed E-state index contributed by atoms with van der Waals surface area (Å²) in [6.45, 7) is 0. The third kappa shape index (κ3) is 3.35. The summed E-state index contributed by atoms with van der Waals surface area (Å²) < 4.78 is 13.5. The number of rotatable bonds is 4. The number of nitrogens with zero attached hydrogens (tertiary/aromatic N) is 4. The second-order valence-electron chi connectivity index (χ2n) is 8.63. The number of aromatic nitrogens is 4. The number of amides is 1. The van der Waals surface area contributed by atoms with Crippen molar-refractivity contribution in [2.24, 2.45) is 0 Å². The molecule has 3 aromatic heterocycles. The molecule has 16 heteroatoms. The standard InChI is InChI=1S/C19H9B9FN5O/c20-15(16(21,22)10-1-2-12(29)31-8-10)14(35)34(19(27,28)18(25,26)17(15,23)24)13-7-11(32-33-13)9-3-5-30-6-4-9/h1-8H,(H,32,33)/t15-/m1/s1. The van der Waals surface area contributed by atoms with E-state index >= 15 is 0 Å². The smallest absolute Gasteiger partial charge is 0.223 e. The number of carbonyl (C=O) groups excluding carboxylic acids is 1. The molecule has 1 aliphatic rings. The van der Waals surface area contributed by atoms with Crippen molar-refractivity contribution in [2.45, 2.75) is 26.3 Å². The Balaban J connectivity index is 1.92. The molecule has 1 amide bonds. The second kappa shape index (κ2) is 8.00. The van der Waals surface area contributed by atoms with Gasteiger partial charge in [-0.1, -0.05) is 11.3 Å². The highest BCUT2D eigenvalue weighted by atomic mass is 19.1. The van der Waals surface area contributed by atoms with Crippen LogP contribution in [0.3, 0.4) is 0 Å². The average molecular weight is 440 g/mol. The zero-order valence-corrected chi connectivity index (χ0v) is 18.4. The highest BCUT2D eigenvalue weighted by Gasteiger charge is 2.68. The van der Waals surface area contributed by atoms with Crippen LogP contribution in [-0.2, 0) is 10.0 Å². The second-order valence-corrected chi connectivity index (χ2v) is 8.63. The van der Waals surface area contributed by atoms with Gasteiger partial charge in [0.25, 0.3) is 0 Å². The van der Waals surface area contributed by atoms with Crippen molar-refractivity contribution in [3.8, 4) is 11.3 Å². The van der Waals surface area contributed by atoms with Crippen molar-refractivity contribution in [1.29, 1.82) is 0 Å². The van der Waals surface area contributed by atoms with Crippen molar-refractivity contribution >= 4 is 82.3 Å². The van der Waals surface area contributed by atoms with Crippen molar-refractivity contribution < 1.29 is 9.18 Å². The largest absolute Gasteiger partial charge is 0.308 e. The topological polar surface area (TPSA) is 74.8 Å². The normalized spacial score (nSPS) is 23.1. The van der Waals surface area contributed by atoms with Gasteiger partial charge < -0.3 is 4.90 Å². The lowest BCUT2D eigenvalue weighted by molar-refractivity contribution is -0.124. The molecule has 0 aromatic carbocycles. The molecule has 0 unspecified atom stereocenters. The van der Waals surface area contributed by atoms with Crippen LogP contribution in [0, 0.1) is 5.95 Å². The molecular formula is C19H9B9FN5O. The van der Waals surface area contributed by atoms with Crippen LogP contribution < -0.4 is 4.90 Å². The van der Waals surface area contributed by atoms with Gasteiger partial charge in [-0.05, 0) is 34.4 Å². The molecule has 1 saturated heterocycles. The summed E-state index contributed by atoms with van der Waals surface area (Å²) in [7, 11) is 57.0. The summed E-state index contributed by atoms with van der Waals surface area (Å²) in [4.78, 5) is 22.2. The summed E-state index contributed by atoms with van der Waals surface area (Å²) in [6.07, 6.45) is 4.08. The van der Waals surface area contributed by atoms with Crippen LogP contribution in [0.4, 0.5) is 10.2 Å². The summed E-state index contributed by atoms with van der Waals surface area (Å²) in [5.41, 5.74) is 1.02. The molecule has 4 heterocycles. The molecule has 18 radical (unpaired) electrons. The van der Waals surface area contributed by atoms with Crippen LogP contribution in [0.5, 0.6) is 0 Å². The average Bonchev–Trinajstić information content (AvgIpc) is 3.27. The molecule has 0 saturated carbocycles. The number of carbonyl (C=O) groups is 1. The van der Waals surface area contributed by atoms with E-state index in [0.717, 1.165) is 23.2 Å². The molecule has 4 rings (SSSR count). The molecule has 3 aromatic rings. The molecule has 1 aliphatic heterocycles. The minimum atomic E-state index is -2.68. The molecule has 35 heavy (non-hydrogen) atoms. The maximum absolute atomic E-state index is 14.1. The number of anilines is 1. The molecule has 150 valence electrons. The summed E-state index contributed by atoms with van der Waals surface area (Å²) in [5.74, 6) is -2.12. The highest BCUT2D eigenvalue weighted by Crippen LogP contribution is 2.71. The first-order valence-corrected chi connectivity index (χ1v) is 10.1. The molecule has 6 nitrogen and oxygen atoms in total. The molecule has 1 atom stereocenters. The van der Waals surface area contributed by atoms with E-state index in [9.17, 15) is 9.18 Å². The van der Waals surface area contributed by atoms with E-state index < -0.39 is 38.1 Å². The Morgan fingerprint density at radius 1 is 0.943 bits per heavy atom. The molecule has 1 fully saturated rings. The first-order valence-electron chi connectivity index (χ1n) is 10.1. The monoisotopic (exact) mass is 441 g/mol. The van der Waals surface area contributed by atoms with Gasteiger partial charge in [-0.3, -0.25) is 14.9 Å². The predicted molar refractivity (Wildman–Crippen MR) is 138 cm³/mol. The van der Waals surface area contributed by atoms with Gasteiger partial charge in [0.15, 0.2) is 5.82 Å². The Bertz CT molecular complexity index is 1270. The molecule has 0 aliphatic carbocycles. The number of hydrogen-bond acceptors (Lipinski definition) is 4. The summed E-state index contributed by atoms with van der Waals surface area (Å²) in [6, 6.07) is 6.92. The van der Waals surface area contributed by atoms with E-state index in [0.29, 0.717) is 11.3 Å². The number of nitrogens with one attached hydrogen (secondary N) is 1. The first kappa shape index (κ1) is 25.6. The van der Waals surface area contributed by atoms with E-state index in [1.807, 2.05) is 0 Å². The van der Waals surface area contributed by atoms with Crippen molar-refractivity contribution in [3.63, 3.8) is 0 Å². The number of pyridine rings is 2. The number of hydrogen-bond donors (Lipinski definition) is 1. The van der Waals surface area contributed by atoms with Gasteiger partial charge in [0.2, 0.25) is 11.9 Å². The van der Waals surface area contributed by atoms with Crippen LogP contribution in [0.2, 0.25) is 15.7 Å². The molecule has 0 spiro atoms. The van der Waals surface area contributed by atoms with Crippen molar-refractivity contribution in [1.82, 2.24) is 20.2 Å². The maximum Gasteiger partial charge on any atom is 0.223 e. The fourth-order valence-corrected chi connectivity index (χ4v) is 4.13. The van der Waals surface area contributed by atoms with Gasteiger partial charge in [0.05, 0.1) is 76.3 Å². The molecule has 0 bridgehead atoms. The highest BCUT2D eigenvalue weighted by molar-refractivity contribution is 6.69. The summed E-state index contributed by atoms with van der Waals surface area (Å²) >= 11 is 0. The van der Waals surface area contributed by atoms with Crippen molar-refractivity contribution in [3.05, 3.63) is 60.4 Å². The van der Waals surface area contributed by atoms with Crippen LogP contribution >= 0.6 is 0 Å². The lowest BCUT2D eigenvalue weighted by atomic mass is 9.08. The molecule has 1 N–H and O–H groups in total. The Morgan fingerprint density at radius 3 is 2.14 bits per heavy atom. The van der Waals surface area contributed by atoms with Gasteiger partial charge in [0, 0.05) is 30.2 Å². The van der Waals surface area contributed by atoms with E-state index in [-0.39, 0.29) is 11.4 Å². The minimum absolute atomic E-state index is 0.105. The summed E-state index contributed by atoms with van der Waals surface area (Å²) in [5, 5.41) is -5.81. The van der Waals surface area contributed by atoms with Crippen LogP contribution in [0.15, 0.2) is 48.9 Å². The van der Waals surface area contributed by atoms with Gasteiger partial charge >= 0.3 is 0 Å². The molecular weight excluding hydrogens is 431 g/mol. The number of H-pyrrole nitrogens is 1. The fraction of sp³-hybridized carbons (Fsp3) is 0.263. The number of aromatic amines is 1. The zero-order chi connectivity index (χ0) is 26.0. The predicted octanol–water partition coefficient (Wildman–Crippen LogP) is -1.23.